The third-order valence-corrected chi connectivity index (χ3v) is 11.0. The predicted molar refractivity (Wildman–Crippen MR) is 198 cm³/mol. The summed E-state index contributed by atoms with van der Waals surface area (Å²) < 4.78 is 0. The molecular weight excluding hydrogens is 590 g/mol. The number of benzene rings is 2. The van der Waals surface area contributed by atoms with Gasteiger partial charge >= 0.3 is 0 Å². The van der Waals surface area contributed by atoms with E-state index in [1.54, 1.807) is 0 Å². The molecule has 0 spiro atoms. The molecule has 48 heavy (non-hydrogen) atoms. The number of aromatic amines is 1. The number of pyridine rings is 2. The summed E-state index contributed by atoms with van der Waals surface area (Å²) in [7, 11) is 0. The number of fused-ring (bicyclic) bond motifs is 4. The van der Waals surface area contributed by atoms with Gasteiger partial charge in [0.2, 0.25) is 5.91 Å². The van der Waals surface area contributed by atoms with Crippen molar-refractivity contribution < 1.29 is 4.79 Å². The molecule has 6 nitrogen and oxygen atoms in total. The van der Waals surface area contributed by atoms with Crippen LogP contribution in [-0.2, 0) is 16.6 Å². The minimum atomic E-state index is -0.578. The number of rotatable bonds is 11. The SMILES string of the molecule is Cc1cc(C)cc(-c2[nH]c3ccc(C(C)(C)C(=O)N4C5CCC4CC5)cc3c2[C@H](C)CNCCCCc2cnc3nc(C)ccc3c2)c1. The van der Waals surface area contributed by atoms with E-state index in [4.69, 9.17) is 0 Å². The molecule has 6 heteroatoms. The molecule has 2 aromatic carbocycles. The number of unbranched alkanes of at least 4 members (excludes halogenated alkanes) is 1. The summed E-state index contributed by atoms with van der Waals surface area (Å²) in [4.78, 5) is 29.3. The number of aryl methyl sites for hydroxylation is 4. The lowest BCUT2D eigenvalue weighted by atomic mass is 9.81. The maximum atomic E-state index is 14.1. The summed E-state index contributed by atoms with van der Waals surface area (Å²) in [6.45, 7) is 14.8. The molecule has 1 atom stereocenters. The van der Waals surface area contributed by atoms with E-state index in [9.17, 15) is 4.79 Å². The van der Waals surface area contributed by atoms with Crippen LogP contribution >= 0.6 is 0 Å². The number of aromatic nitrogens is 3. The lowest BCUT2D eigenvalue weighted by molar-refractivity contribution is -0.137. The molecule has 2 saturated heterocycles. The molecule has 5 aromatic rings. The van der Waals surface area contributed by atoms with Crippen LogP contribution in [0.3, 0.4) is 0 Å². The van der Waals surface area contributed by atoms with Gasteiger partial charge < -0.3 is 15.2 Å². The van der Waals surface area contributed by atoms with Crippen LogP contribution in [0.4, 0.5) is 0 Å². The Hall–Kier alpha value is -4.03. The van der Waals surface area contributed by atoms with Crippen LogP contribution in [0.2, 0.25) is 0 Å². The Morgan fingerprint density at radius 2 is 1.69 bits per heavy atom. The van der Waals surface area contributed by atoms with Gasteiger partial charge in [-0.05, 0) is 157 Å². The number of H-pyrrole nitrogens is 1. The summed E-state index contributed by atoms with van der Waals surface area (Å²) in [5.41, 5.74) is 11.0. The first-order valence-corrected chi connectivity index (χ1v) is 18.1. The molecule has 2 N–H and O–H groups in total. The van der Waals surface area contributed by atoms with Crippen molar-refractivity contribution in [3.8, 4) is 11.3 Å². The monoisotopic (exact) mass is 641 g/mol. The summed E-state index contributed by atoms with van der Waals surface area (Å²) in [6.07, 6.45) is 9.86. The van der Waals surface area contributed by atoms with Crippen molar-refractivity contribution in [1.82, 2.24) is 25.2 Å². The normalized spacial score (nSPS) is 18.3. The van der Waals surface area contributed by atoms with Gasteiger partial charge in [0.25, 0.3) is 0 Å². The van der Waals surface area contributed by atoms with Crippen LogP contribution in [0, 0.1) is 20.8 Å². The predicted octanol–water partition coefficient (Wildman–Crippen LogP) is 8.85. The first-order valence-electron chi connectivity index (χ1n) is 18.1. The molecule has 2 fully saturated rings. The molecule has 1 amide bonds. The number of hydrogen-bond acceptors (Lipinski definition) is 4. The number of carbonyl (C=O) groups excluding carboxylic acids is 1. The maximum absolute atomic E-state index is 14.1. The lowest BCUT2D eigenvalue weighted by Crippen LogP contribution is -2.45. The summed E-state index contributed by atoms with van der Waals surface area (Å²) in [6, 6.07) is 20.8. The van der Waals surface area contributed by atoms with Crippen molar-refractivity contribution in [3.63, 3.8) is 0 Å². The van der Waals surface area contributed by atoms with E-state index in [0.717, 1.165) is 85.8 Å². The molecule has 0 saturated carbocycles. The highest BCUT2D eigenvalue weighted by Gasteiger charge is 2.47. The van der Waals surface area contributed by atoms with Crippen LogP contribution in [0.15, 0.2) is 60.8 Å². The summed E-state index contributed by atoms with van der Waals surface area (Å²) >= 11 is 0. The van der Waals surface area contributed by atoms with Crippen molar-refractivity contribution in [3.05, 3.63) is 94.3 Å². The Labute approximate surface area is 285 Å². The van der Waals surface area contributed by atoms with E-state index in [0.29, 0.717) is 18.0 Å². The zero-order chi connectivity index (χ0) is 33.6. The van der Waals surface area contributed by atoms with Gasteiger partial charge in [-0.25, -0.2) is 9.97 Å². The molecule has 0 unspecified atom stereocenters. The van der Waals surface area contributed by atoms with Gasteiger partial charge in [-0.15, -0.1) is 0 Å². The molecule has 3 aromatic heterocycles. The second-order valence-corrected chi connectivity index (χ2v) is 15.3. The van der Waals surface area contributed by atoms with Crippen molar-refractivity contribution in [1.29, 1.82) is 0 Å². The fourth-order valence-corrected chi connectivity index (χ4v) is 8.44. The van der Waals surface area contributed by atoms with Gasteiger partial charge in [-0.3, -0.25) is 4.79 Å². The minimum Gasteiger partial charge on any atom is -0.354 e. The molecule has 2 aliphatic heterocycles. The van der Waals surface area contributed by atoms with Gasteiger partial charge in [-0.2, -0.15) is 0 Å². The van der Waals surface area contributed by atoms with E-state index in [1.807, 2.05) is 13.1 Å². The Balaban J connectivity index is 1.09. The van der Waals surface area contributed by atoms with E-state index in [-0.39, 0.29) is 5.92 Å². The maximum Gasteiger partial charge on any atom is 0.233 e. The fraction of sp³-hybridized carbons (Fsp3) is 0.452. The van der Waals surface area contributed by atoms with Crippen LogP contribution in [0.25, 0.3) is 33.2 Å². The number of carbonyl (C=O) groups is 1. The Kier molecular flexibility index (Phi) is 8.88. The first-order chi connectivity index (χ1) is 23.1. The molecule has 0 radical (unpaired) electrons. The van der Waals surface area contributed by atoms with Crippen LogP contribution in [0.5, 0.6) is 0 Å². The second-order valence-electron chi connectivity index (χ2n) is 15.3. The molecular formula is C42H51N5O. The Morgan fingerprint density at radius 1 is 0.958 bits per heavy atom. The number of hydrogen-bond donors (Lipinski definition) is 2. The highest BCUT2D eigenvalue weighted by Crippen LogP contribution is 2.43. The van der Waals surface area contributed by atoms with Crippen LogP contribution in [-0.4, -0.2) is 50.9 Å². The van der Waals surface area contributed by atoms with Crippen LogP contribution in [0.1, 0.15) is 98.7 Å². The Bertz CT molecular complexity index is 1930. The van der Waals surface area contributed by atoms with Gasteiger partial charge in [0.15, 0.2) is 5.65 Å². The molecule has 0 aliphatic carbocycles. The largest absolute Gasteiger partial charge is 0.354 e. The van der Waals surface area contributed by atoms with Crippen molar-refractivity contribution in [2.45, 2.75) is 110 Å². The fourth-order valence-electron chi connectivity index (χ4n) is 8.44. The van der Waals surface area contributed by atoms with Gasteiger partial charge in [0.05, 0.1) is 11.1 Å². The van der Waals surface area contributed by atoms with Crippen molar-refractivity contribution in [2.24, 2.45) is 0 Å². The smallest absolute Gasteiger partial charge is 0.233 e. The average Bonchev–Trinajstić information content (AvgIpc) is 3.78. The average molecular weight is 642 g/mol. The van der Waals surface area contributed by atoms with Gasteiger partial charge in [0, 0.05) is 46.8 Å². The highest BCUT2D eigenvalue weighted by molar-refractivity contribution is 5.95. The number of nitrogens with one attached hydrogen (secondary N) is 2. The quantitative estimate of drug-likeness (QED) is 0.141. The standard InChI is InChI=1S/C42H51N5O/c1-26-19-27(2)21-32(20-26)39-38(28(3)24-43-18-8-7-9-30-22-31-11-10-29(4)45-40(31)44-25-30)36-23-33(12-17-37(36)46-39)42(5,6)41(48)47-34-13-14-35(47)16-15-34/h10-12,17,19-23,25,28,34-35,43,46H,7-9,13-16,18,24H2,1-6H3/t28-,34?,35?/m1/s1. The lowest BCUT2D eigenvalue weighted by Gasteiger charge is -2.33. The van der Waals surface area contributed by atoms with Crippen LogP contribution < -0.4 is 5.32 Å². The third kappa shape index (κ3) is 6.27. The topological polar surface area (TPSA) is 73.9 Å². The van der Waals surface area contributed by atoms with Crippen molar-refractivity contribution >= 4 is 27.8 Å². The zero-order valence-electron chi connectivity index (χ0n) is 29.6. The van der Waals surface area contributed by atoms with E-state index in [2.05, 4.69) is 114 Å². The second kappa shape index (κ2) is 13.1. The zero-order valence-corrected chi connectivity index (χ0v) is 29.6. The van der Waals surface area contributed by atoms with Crippen molar-refractivity contribution in [2.75, 3.05) is 13.1 Å². The van der Waals surface area contributed by atoms with Gasteiger partial charge in [0.1, 0.15) is 0 Å². The third-order valence-electron chi connectivity index (χ3n) is 11.0. The molecule has 250 valence electrons. The Morgan fingerprint density at radius 3 is 2.42 bits per heavy atom. The molecule has 2 bridgehead atoms. The van der Waals surface area contributed by atoms with E-state index >= 15 is 0 Å². The first kappa shape index (κ1) is 32.5. The molecule has 7 rings (SSSR count). The summed E-state index contributed by atoms with van der Waals surface area (Å²) in [5.74, 6) is 0.568. The van der Waals surface area contributed by atoms with E-state index in [1.165, 1.54) is 38.9 Å². The minimum absolute atomic E-state index is 0.277. The van der Waals surface area contributed by atoms with E-state index < -0.39 is 5.41 Å². The highest BCUT2D eigenvalue weighted by atomic mass is 16.2. The molecule has 5 heterocycles. The molecule has 2 aliphatic rings. The summed E-state index contributed by atoms with van der Waals surface area (Å²) in [5, 5.41) is 6.12. The van der Waals surface area contributed by atoms with Gasteiger partial charge in [-0.1, -0.05) is 30.2 Å². The number of amides is 1. The number of nitrogens with zero attached hydrogens (tertiary/aromatic N) is 3.